The van der Waals surface area contributed by atoms with Crippen molar-refractivity contribution in [3.05, 3.63) is 86.6 Å². The summed E-state index contributed by atoms with van der Waals surface area (Å²) < 4.78 is 14.9. The first-order valence-corrected chi connectivity index (χ1v) is 13.4. The molecule has 200 valence electrons. The van der Waals surface area contributed by atoms with Gasteiger partial charge in [-0.15, -0.1) is 0 Å². The normalized spacial score (nSPS) is 11.5. The number of carbonyl (C=O) groups is 1. The summed E-state index contributed by atoms with van der Waals surface area (Å²) in [6.45, 7) is 15.3. The molecule has 0 radical (unpaired) electrons. The maximum Gasteiger partial charge on any atom is 0.349 e. The molecule has 0 unspecified atom stereocenters. The van der Waals surface area contributed by atoms with Gasteiger partial charge in [0.2, 0.25) is 0 Å². The van der Waals surface area contributed by atoms with Gasteiger partial charge in [-0.05, 0) is 102 Å². The number of aryl methyl sites for hydroxylation is 3. The maximum atomic E-state index is 13.3. The molecule has 6 nitrogen and oxygen atoms in total. The van der Waals surface area contributed by atoms with Crippen molar-refractivity contribution >= 4 is 5.97 Å². The summed E-state index contributed by atoms with van der Waals surface area (Å²) in [4.78, 5) is 25.4. The molecule has 1 aromatic heterocycles. The van der Waals surface area contributed by atoms with Crippen molar-refractivity contribution in [3.8, 4) is 5.75 Å². The lowest BCUT2D eigenvalue weighted by Gasteiger charge is -2.24. The summed E-state index contributed by atoms with van der Waals surface area (Å²) in [6, 6.07) is 14.3. The lowest BCUT2D eigenvalue weighted by molar-refractivity contribution is -0.158. The zero-order valence-electron chi connectivity index (χ0n) is 23.5. The first-order valence-electron chi connectivity index (χ1n) is 13.4. The van der Waals surface area contributed by atoms with Crippen LogP contribution in [0.2, 0.25) is 0 Å². The highest BCUT2D eigenvalue weighted by Crippen LogP contribution is 2.22. The van der Waals surface area contributed by atoms with Crippen LogP contribution in [-0.2, 0) is 35.5 Å². The van der Waals surface area contributed by atoms with Crippen LogP contribution in [0, 0.1) is 20.8 Å². The molecular weight excluding hydrogens is 464 g/mol. The molecule has 2 aromatic carbocycles. The van der Waals surface area contributed by atoms with E-state index >= 15 is 0 Å². The number of nitrogens with zero attached hydrogens (tertiary/aromatic N) is 2. The summed E-state index contributed by atoms with van der Waals surface area (Å²) in [5.41, 5.74) is 6.09. The molecule has 0 aliphatic carbocycles. The largest absolute Gasteiger partial charge is 0.476 e. The number of rotatable bonds is 12. The second kappa shape index (κ2) is 12.3. The van der Waals surface area contributed by atoms with Gasteiger partial charge in [0.1, 0.15) is 5.75 Å². The summed E-state index contributed by atoms with van der Waals surface area (Å²) in [5, 5.41) is 0. The highest BCUT2D eigenvalue weighted by Gasteiger charge is 2.31. The molecule has 3 rings (SSSR count). The first kappa shape index (κ1) is 28.3. The smallest absolute Gasteiger partial charge is 0.349 e. The van der Waals surface area contributed by atoms with E-state index in [1.165, 1.54) is 16.7 Å². The average molecular weight is 507 g/mol. The molecule has 3 aromatic rings. The SMILES string of the molecule is CCCn1c(CCCc2ccc(OC(C)(C)C(=O)OCC)cc2)c(C)n(Cc2ccc(C)c(C)c2)c1=O. The standard InChI is InChI=1S/C31H42N2O4/c1-8-19-32-28(24(5)33(30(32)35)21-26-14-13-22(3)23(4)20-26)12-10-11-25-15-17-27(18-16-25)37-31(6,7)29(34)36-9-2/h13-18,20H,8-12,19,21H2,1-7H3. The van der Waals surface area contributed by atoms with E-state index in [1.807, 2.05) is 33.4 Å². The third-order valence-electron chi connectivity index (χ3n) is 6.91. The molecule has 0 saturated heterocycles. The van der Waals surface area contributed by atoms with Crippen molar-refractivity contribution < 1.29 is 14.3 Å². The minimum absolute atomic E-state index is 0.0818. The van der Waals surface area contributed by atoms with Gasteiger partial charge in [0.15, 0.2) is 5.60 Å². The quantitative estimate of drug-likeness (QED) is 0.286. The molecule has 1 heterocycles. The van der Waals surface area contributed by atoms with Crippen molar-refractivity contribution in [1.29, 1.82) is 0 Å². The predicted octanol–water partition coefficient (Wildman–Crippen LogP) is 5.93. The fourth-order valence-electron chi connectivity index (χ4n) is 4.62. The Morgan fingerprint density at radius 2 is 1.57 bits per heavy atom. The van der Waals surface area contributed by atoms with E-state index in [9.17, 15) is 9.59 Å². The van der Waals surface area contributed by atoms with Gasteiger partial charge in [-0.3, -0.25) is 9.13 Å². The van der Waals surface area contributed by atoms with Crippen LogP contribution in [0.5, 0.6) is 5.75 Å². The van der Waals surface area contributed by atoms with Crippen LogP contribution in [0.15, 0.2) is 47.3 Å². The highest BCUT2D eigenvalue weighted by molar-refractivity contribution is 5.79. The molecule has 6 heteroatoms. The number of aromatic nitrogens is 2. The molecule has 0 atom stereocenters. The number of benzene rings is 2. The van der Waals surface area contributed by atoms with Gasteiger partial charge in [0, 0.05) is 17.9 Å². The first-order chi connectivity index (χ1) is 17.6. The third kappa shape index (κ3) is 6.94. The van der Waals surface area contributed by atoms with E-state index in [1.54, 1.807) is 20.8 Å². The molecule has 0 saturated carbocycles. The zero-order valence-corrected chi connectivity index (χ0v) is 23.5. The Kier molecular flexibility index (Phi) is 9.41. The molecule has 0 bridgehead atoms. The van der Waals surface area contributed by atoms with Crippen LogP contribution in [0.3, 0.4) is 0 Å². The van der Waals surface area contributed by atoms with E-state index < -0.39 is 5.60 Å². The average Bonchev–Trinajstić information content (AvgIpc) is 3.07. The van der Waals surface area contributed by atoms with Gasteiger partial charge < -0.3 is 9.47 Å². The van der Waals surface area contributed by atoms with Crippen molar-refractivity contribution in [2.45, 2.75) is 92.8 Å². The number of hydrogen-bond acceptors (Lipinski definition) is 4. The van der Waals surface area contributed by atoms with Gasteiger partial charge in [-0.1, -0.05) is 37.3 Å². The van der Waals surface area contributed by atoms with Crippen LogP contribution in [0.1, 0.15) is 74.2 Å². The Hall–Kier alpha value is -3.28. The maximum absolute atomic E-state index is 13.3. The zero-order chi connectivity index (χ0) is 27.2. The Morgan fingerprint density at radius 1 is 0.892 bits per heavy atom. The van der Waals surface area contributed by atoms with Crippen LogP contribution < -0.4 is 10.4 Å². The van der Waals surface area contributed by atoms with Gasteiger partial charge in [0.05, 0.1) is 13.2 Å². The van der Waals surface area contributed by atoms with E-state index in [-0.39, 0.29) is 11.7 Å². The monoisotopic (exact) mass is 506 g/mol. The molecule has 37 heavy (non-hydrogen) atoms. The molecule has 0 amide bonds. The van der Waals surface area contributed by atoms with E-state index in [2.05, 4.69) is 45.9 Å². The summed E-state index contributed by atoms with van der Waals surface area (Å²) >= 11 is 0. The number of imidazole rings is 1. The van der Waals surface area contributed by atoms with Crippen LogP contribution in [-0.4, -0.2) is 27.3 Å². The summed E-state index contributed by atoms with van der Waals surface area (Å²) in [7, 11) is 0. The van der Waals surface area contributed by atoms with Crippen LogP contribution in [0.25, 0.3) is 0 Å². The second-order valence-corrected chi connectivity index (χ2v) is 10.3. The third-order valence-corrected chi connectivity index (χ3v) is 6.91. The van der Waals surface area contributed by atoms with Crippen LogP contribution in [0.4, 0.5) is 0 Å². The van der Waals surface area contributed by atoms with Gasteiger partial charge in [-0.2, -0.15) is 0 Å². The van der Waals surface area contributed by atoms with Gasteiger partial charge in [-0.25, -0.2) is 9.59 Å². The van der Waals surface area contributed by atoms with Crippen molar-refractivity contribution in [2.75, 3.05) is 6.61 Å². The molecular formula is C31H42N2O4. The lowest BCUT2D eigenvalue weighted by atomic mass is 10.1. The van der Waals surface area contributed by atoms with E-state index in [0.717, 1.165) is 49.2 Å². The lowest BCUT2D eigenvalue weighted by Crippen LogP contribution is -2.39. The van der Waals surface area contributed by atoms with Crippen molar-refractivity contribution in [1.82, 2.24) is 9.13 Å². The Bertz CT molecular complexity index is 1270. The van der Waals surface area contributed by atoms with Crippen LogP contribution >= 0.6 is 0 Å². The fraction of sp³-hybridized carbons (Fsp3) is 0.484. The highest BCUT2D eigenvalue weighted by atomic mass is 16.6. The number of hydrogen-bond donors (Lipinski definition) is 0. The number of ether oxygens (including phenoxy) is 2. The molecule has 0 spiro atoms. The Balaban J connectivity index is 1.69. The number of esters is 1. The summed E-state index contributed by atoms with van der Waals surface area (Å²) in [6.07, 6.45) is 3.59. The minimum atomic E-state index is -1.04. The molecule has 0 fully saturated rings. The molecule has 0 aliphatic heterocycles. The van der Waals surface area contributed by atoms with Crippen molar-refractivity contribution in [2.24, 2.45) is 0 Å². The van der Waals surface area contributed by atoms with Gasteiger partial charge in [0.25, 0.3) is 0 Å². The topological polar surface area (TPSA) is 62.5 Å². The predicted molar refractivity (Wildman–Crippen MR) is 149 cm³/mol. The fourth-order valence-corrected chi connectivity index (χ4v) is 4.62. The van der Waals surface area contributed by atoms with E-state index in [4.69, 9.17) is 9.47 Å². The number of carbonyl (C=O) groups excluding carboxylic acids is 1. The minimum Gasteiger partial charge on any atom is -0.476 e. The van der Waals surface area contributed by atoms with Crippen molar-refractivity contribution in [3.63, 3.8) is 0 Å². The molecule has 0 aliphatic rings. The molecule has 0 N–H and O–H groups in total. The Labute approximate surface area is 221 Å². The van der Waals surface area contributed by atoms with Gasteiger partial charge >= 0.3 is 11.7 Å². The van der Waals surface area contributed by atoms with E-state index in [0.29, 0.717) is 18.9 Å². The second-order valence-electron chi connectivity index (χ2n) is 10.3. The Morgan fingerprint density at radius 3 is 2.19 bits per heavy atom. The summed E-state index contributed by atoms with van der Waals surface area (Å²) in [5.74, 6) is 0.259.